The first-order valence-electron chi connectivity index (χ1n) is 4.97. The highest BCUT2D eigenvalue weighted by Crippen LogP contribution is 2.04. The molecule has 0 aromatic heterocycles. The Morgan fingerprint density at radius 3 is 3.00 bits per heavy atom. The maximum atomic E-state index is 12.8. The molecule has 1 rings (SSSR count). The van der Waals surface area contributed by atoms with Gasteiger partial charge in [0.25, 0.3) is 0 Å². The molecule has 1 amide bonds. The highest BCUT2D eigenvalue weighted by atomic mass is 19.1. The van der Waals surface area contributed by atoms with Crippen molar-refractivity contribution in [2.45, 2.75) is 13.0 Å². The summed E-state index contributed by atoms with van der Waals surface area (Å²) in [4.78, 5) is 11.2. The number of carbonyl (C=O) groups is 1. The smallest absolute Gasteiger partial charge is 0.244 e. The van der Waals surface area contributed by atoms with Crippen molar-refractivity contribution in [3.8, 4) is 0 Å². The Bertz CT molecular complexity index is 388. The van der Waals surface area contributed by atoms with Crippen LogP contribution in [-0.2, 0) is 4.79 Å². The molecular weight excluding hydrogens is 209 g/mol. The molecule has 0 spiro atoms. The third-order valence-corrected chi connectivity index (χ3v) is 1.85. The fraction of sp³-hybridized carbons (Fsp3) is 0.250. The molecule has 0 bridgehead atoms. The molecule has 0 fully saturated rings. The number of hydrogen-bond donors (Lipinski definition) is 2. The van der Waals surface area contributed by atoms with Crippen LogP contribution in [0.4, 0.5) is 4.39 Å². The number of halogens is 1. The van der Waals surface area contributed by atoms with Gasteiger partial charge < -0.3 is 10.4 Å². The van der Waals surface area contributed by atoms with E-state index >= 15 is 0 Å². The summed E-state index contributed by atoms with van der Waals surface area (Å²) in [6, 6.07) is 5.94. The summed E-state index contributed by atoms with van der Waals surface area (Å²) in [5.74, 6) is -0.656. The summed E-state index contributed by atoms with van der Waals surface area (Å²) in [5.41, 5.74) is 0.618. The fourth-order valence-corrected chi connectivity index (χ4v) is 1.09. The highest BCUT2D eigenvalue weighted by molar-refractivity contribution is 5.91. The molecule has 0 saturated carbocycles. The Balaban J connectivity index is 2.50. The standard InChI is InChI=1S/C12H14FNO2/c1-9(15)8-14-12(16)6-5-10-3-2-4-11(13)7-10/h2-7,9,15H,8H2,1H3,(H,14,16)/b6-5+. The Morgan fingerprint density at radius 2 is 2.38 bits per heavy atom. The first kappa shape index (κ1) is 12.4. The zero-order valence-electron chi connectivity index (χ0n) is 8.98. The van der Waals surface area contributed by atoms with Gasteiger partial charge in [-0.15, -0.1) is 0 Å². The van der Waals surface area contributed by atoms with Gasteiger partial charge in [0.15, 0.2) is 0 Å². The largest absolute Gasteiger partial charge is 0.392 e. The van der Waals surface area contributed by atoms with Crippen molar-refractivity contribution < 1.29 is 14.3 Å². The monoisotopic (exact) mass is 223 g/mol. The molecule has 0 saturated heterocycles. The molecule has 86 valence electrons. The zero-order valence-corrected chi connectivity index (χ0v) is 8.98. The van der Waals surface area contributed by atoms with E-state index in [1.807, 2.05) is 0 Å². The average Bonchev–Trinajstić information content (AvgIpc) is 2.23. The van der Waals surface area contributed by atoms with Crippen molar-refractivity contribution in [2.75, 3.05) is 6.54 Å². The van der Waals surface area contributed by atoms with Crippen molar-refractivity contribution >= 4 is 12.0 Å². The SMILES string of the molecule is CC(O)CNC(=O)/C=C/c1cccc(F)c1. The predicted octanol–water partition coefficient (Wildman–Crippen LogP) is 1.34. The summed E-state index contributed by atoms with van der Waals surface area (Å²) in [7, 11) is 0. The second-order valence-corrected chi connectivity index (χ2v) is 3.48. The Morgan fingerprint density at radius 1 is 1.62 bits per heavy atom. The number of nitrogens with one attached hydrogen (secondary N) is 1. The Labute approximate surface area is 93.6 Å². The summed E-state index contributed by atoms with van der Waals surface area (Å²) in [6.45, 7) is 1.78. The number of benzene rings is 1. The van der Waals surface area contributed by atoms with Gasteiger partial charge >= 0.3 is 0 Å². The lowest BCUT2D eigenvalue weighted by Gasteiger charge is -2.03. The van der Waals surface area contributed by atoms with Crippen LogP contribution in [0.25, 0.3) is 6.08 Å². The van der Waals surface area contributed by atoms with Crippen LogP contribution >= 0.6 is 0 Å². The van der Waals surface area contributed by atoms with Crippen LogP contribution < -0.4 is 5.32 Å². The van der Waals surface area contributed by atoms with E-state index in [-0.39, 0.29) is 18.3 Å². The first-order valence-corrected chi connectivity index (χ1v) is 4.97. The van der Waals surface area contributed by atoms with Gasteiger partial charge in [0, 0.05) is 12.6 Å². The lowest BCUT2D eigenvalue weighted by atomic mass is 10.2. The molecule has 4 heteroatoms. The van der Waals surface area contributed by atoms with E-state index in [9.17, 15) is 9.18 Å². The molecule has 3 nitrogen and oxygen atoms in total. The van der Waals surface area contributed by atoms with E-state index in [0.29, 0.717) is 5.56 Å². The number of carbonyl (C=O) groups excluding carboxylic acids is 1. The molecular formula is C12H14FNO2. The Kier molecular flexibility index (Phi) is 4.66. The molecule has 1 unspecified atom stereocenters. The molecule has 0 radical (unpaired) electrons. The zero-order chi connectivity index (χ0) is 12.0. The van der Waals surface area contributed by atoms with Gasteiger partial charge in [-0.3, -0.25) is 4.79 Å². The van der Waals surface area contributed by atoms with Crippen molar-refractivity contribution in [3.05, 3.63) is 41.7 Å². The quantitative estimate of drug-likeness (QED) is 0.757. The van der Waals surface area contributed by atoms with Gasteiger partial charge in [0.2, 0.25) is 5.91 Å². The molecule has 1 aromatic carbocycles. The summed E-state index contributed by atoms with van der Waals surface area (Å²) < 4.78 is 12.8. The molecule has 2 N–H and O–H groups in total. The minimum absolute atomic E-state index is 0.201. The van der Waals surface area contributed by atoms with Gasteiger partial charge in [-0.2, -0.15) is 0 Å². The molecule has 0 aliphatic heterocycles. The van der Waals surface area contributed by atoms with E-state index in [1.54, 1.807) is 19.1 Å². The number of aliphatic hydroxyl groups excluding tert-OH is 1. The minimum Gasteiger partial charge on any atom is -0.392 e. The number of hydrogen-bond acceptors (Lipinski definition) is 2. The number of rotatable bonds is 4. The lowest BCUT2D eigenvalue weighted by molar-refractivity contribution is -0.116. The molecule has 1 atom stereocenters. The van der Waals surface area contributed by atoms with Gasteiger partial charge in [-0.05, 0) is 30.7 Å². The molecule has 0 aliphatic carbocycles. The summed E-state index contributed by atoms with van der Waals surface area (Å²) in [6.07, 6.45) is 2.24. The molecule has 0 heterocycles. The number of aliphatic hydroxyl groups is 1. The normalized spacial score (nSPS) is 12.7. The van der Waals surface area contributed by atoms with E-state index in [2.05, 4.69) is 5.32 Å². The van der Waals surface area contributed by atoms with Gasteiger partial charge in [0.05, 0.1) is 6.10 Å². The van der Waals surface area contributed by atoms with E-state index in [0.717, 1.165) is 0 Å². The molecule has 1 aromatic rings. The number of amides is 1. The lowest BCUT2D eigenvalue weighted by Crippen LogP contribution is -2.28. The second-order valence-electron chi connectivity index (χ2n) is 3.48. The first-order chi connectivity index (χ1) is 7.58. The third kappa shape index (κ3) is 4.70. The summed E-state index contributed by atoms with van der Waals surface area (Å²) >= 11 is 0. The van der Waals surface area contributed by atoms with Crippen molar-refractivity contribution in [1.29, 1.82) is 0 Å². The summed E-state index contributed by atoms with van der Waals surface area (Å²) in [5, 5.41) is 11.4. The maximum absolute atomic E-state index is 12.8. The van der Waals surface area contributed by atoms with Gasteiger partial charge in [0.1, 0.15) is 5.82 Å². The maximum Gasteiger partial charge on any atom is 0.244 e. The van der Waals surface area contributed by atoms with E-state index in [4.69, 9.17) is 5.11 Å². The molecule has 16 heavy (non-hydrogen) atoms. The van der Waals surface area contributed by atoms with Crippen LogP contribution in [0.3, 0.4) is 0 Å². The van der Waals surface area contributed by atoms with Crippen LogP contribution in [0.2, 0.25) is 0 Å². The minimum atomic E-state index is -0.577. The van der Waals surface area contributed by atoms with Crippen LogP contribution in [-0.4, -0.2) is 23.7 Å². The van der Waals surface area contributed by atoms with Crippen LogP contribution in [0.15, 0.2) is 30.3 Å². The van der Waals surface area contributed by atoms with Crippen molar-refractivity contribution in [1.82, 2.24) is 5.32 Å². The predicted molar refractivity (Wildman–Crippen MR) is 60.1 cm³/mol. The highest BCUT2D eigenvalue weighted by Gasteiger charge is 1.98. The fourth-order valence-electron chi connectivity index (χ4n) is 1.09. The van der Waals surface area contributed by atoms with Gasteiger partial charge in [-0.25, -0.2) is 4.39 Å². The topological polar surface area (TPSA) is 49.3 Å². The van der Waals surface area contributed by atoms with E-state index < -0.39 is 6.10 Å². The third-order valence-electron chi connectivity index (χ3n) is 1.85. The van der Waals surface area contributed by atoms with Crippen LogP contribution in [0.1, 0.15) is 12.5 Å². The molecule has 0 aliphatic rings. The van der Waals surface area contributed by atoms with Crippen molar-refractivity contribution in [3.63, 3.8) is 0 Å². The van der Waals surface area contributed by atoms with Crippen molar-refractivity contribution in [2.24, 2.45) is 0 Å². The van der Waals surface area contributed by atoms with Crippen LogP contribution in [0, 0.1) is 5.82 Å². The Hall–Kier alpha value is -1.68. The van der Waals surface area contributed by atoms with Crippen LogP contribution in [0.5, 0.6) is 0 Å². The van der Waals surface area contributed by atoms with E-state index in [1.165, 1.54) is 24.3 Å². The average molecular weight is 223 g/mol. The van der Waals surface area contributed by atoms with Gasteiger partial charge in [-0.1, -0.05) is 12.1 Å². The second kappa shape index (κ2) is 6.02.